The van der Waals surface area contributed by atoms with Crippen LogP contribution in [0, 0.1) is 48.5 Å². The van der Waals surface area contributed by atoms with Gasteiger partial charge in [-0.3, -0.25) is 0 Å². The fourth-order valence-corrected chi connectivity index (χ4v) is 10.4. The summed E-state index contributed by atoms with van der Waals surface area (Å²) in [6, 6.07) is 71.3. The van der Waals surface area contributed by atoms with Gasteiger partial charge in [0, 0.05) is 50.4 Å². The summed E-state index contributed by atoms with van der Waals surface area (Å²) < 4.78 is 0. The molecule has 0 unspecified atom stereocenters. The molecule has 0 spiro atoms. The molecule has 0 saturated carbocycles. The normalized spacial score (nSPS) is 11.6. The molecule has 0 amide bonds. The summed E-state index contributed by atoms with van der Waals surface area (Å²) in [6.45, 7) is 29.2. The molecule has 74 heavy (non-hydrogen) atoms. The molecule has 9 aromatic carbocycles. The first kappa shape index (κ1) is 51.4. The number of rotatable bonds is 12. The summed E-state index contributed by atoms with van der Waals surface area (Å²) in [5, 5.41) is 0. The lowest BCUT2D eigenvalue weighted by Crippen LogP contribution is -2.19. The molecule has 0 aliphatic rings. The third-order valence-electron chi connectivity index (χ3n) is 14.6. The highest BCUT2D eigenvalue weighted by molar-refractivity contribution is 7.80. The van der Waals surface area contributed by atoms with Crippen LogP contribution < -0.4 is 19.6 Å². The molecule has 0 bridgehead atoms. The summed E-state index contributed by atoms with van der Waals surface area (Å²) in [5.41, 5.74) is 23.9. The van der Waals surface area contributed by atoms with E-state index < -0.39 is 0 Å². The van der Waals surface area contributed by atoms with E-state index in [0.29, 0.717) is 0 Å². The average molecular weight is 989 g/mol. The smallest absolute Gasteiger partial charge is 0.0523 e. The molecule has 9 aromatic rings. The Morgan fingerprint density at radius 3 is 0.838 bits per heavy atom. The first-order valence-electron chi connectivity index (χ1n) is 26.0. The lowest BCUT2D eigenvalue weighted by Gasteiger charge is -2.36. The predicted octanol–water partition coefficient (Wildman–Crippen LogP) is 20.6. The Bertz CT molecular complexity index is 3240. The van der Waals surface area contributed by atoms with Gasteiger partial charge in [0.05, 0.1) is 22.7 Å². The molecule has 0 aliphatic heterocycles. The third-order valence-corrected chi connectivity index (χ3v) is 14.9. The number of aryl methyl sites for hydroxylation is 6. The van der Waals surface area contributed by atoms with Crippen molar-refractivity contribution in [1.29, 1.82) is 0 Å². The zero-order valence-corrected chi connectivity index (χ0v) is 46.6. The van der Waals surface area contributed by atoms with E-state index in [4.69, 9.17) is 12.6 Å². The van der Waals surface area contributed by atoms with Crippen molar-refractivity contribution in [3.63, 3.8) is 0 Å². The molecule has 0 atom stereocenters. The summed E-state index contributed by atoms with van der Waals surface area (Å²) in [6.07, 6.45) is 0. The van der Waals surface area contributed by atoms with Gasteiger partial charge in [0.1, 0.15) is 0 Å². The molecule has 0 aliphatic carbocycles. The van der Waals surface area contributed by atoms with E-state index in [1.165, 1.54) is 33.4 Å². The number of para-hydroxylation sites is 4. The van der Waals surface area contributed by atoms with Gasteiger partial charge in [0.2, 0.25) is 0 Å². The zero-order valence-electron chi connectivity index (χ0n) is 45.7. The second-order valence-electron chi connectivity index (χ2n) is 22.1. The maximum absolute atomic E-state index is 5.32. The van der Waals surface area contributed by atoms with E-state index in [9.17, 15) is 0 Å². The third kappa shape index (κ3) is 10.4. The van der Waals surface area contributed by atoms with Gasteiger partial charge >= 0.3 is 0 Å². The summed E-state index contributed by atoms with van der Waals surface area (Å²) in [5.74, 6) is 0. The Kier molecular flexibility index (Phi) is 14.5. The summed E-state index contributed by atoms with van der Waals surface area (Å²) >= 11 is 5.32. The highest BCUT2D eigenvalue weighted by Crippen LogP contribution is 2.50. The van der Waals surface area contributed by atoms with Crippen LogP contribution in [0.2, 0.25) is 0 Å². The van der Waals surface area contributed by atoms with Crippen molar-refractivity contribution in [3.8, 4) is 0 Å². The highest BCUT2D eigenvalue weighted by Gasteiger charge is 2.28. The van der Waals surface area contributed by atoms with Crippen LogP contribution in [0.3, 0.4) is 0 Å². The molecular weight excluding hydrogens is 917 g/mol. The van der Waals surface area contributed by atoms with Crippen molar-refractivity contribution in [2.45, 2.75) is 106 Å². The number of hydrogen-bond acceptors (Lipinski definition) is 5. The minimum absolute atomic E-state index is 0.0339. The summed E-state index contributed by atoms with van der Waals surface area (Å²) in [4.78, 5) is 10.6. The van der Waals surface area contributed by atoms with Crippen LogP contribution in [-0.4, -0.2) is 0 Å². The van der Waals surface area contributed by atoms with Crippen molar-refractivity contribution in [2.75, 3.05) is 19.6 Å². The second kappa shape index (κ2) is 20.8. The van der Waals surface area contributed by atoms with Gasteiger partial charge in [-0.2, -0.15) is 0 Å². The Balaban J connectivity index is 1.27. The van der Waals surface area contributed by atoms with E-state index in [0.717, 1.165) is 89.8 Å². The molecule has 0 saturated heterocycles. The number of thiol groups is 1. The lowest BCUT2D eigenvalue weighted by molar-refractivity contribution is 0.590. The Labute approximate surface area is 448 Å². The first-order chi connectivity index (χ1) is 35.3. The number of nitrogens with zero attached hydrogens (tertiary/aromatic N) is 4. The van der Waals surface area contributed by atoms with Crippen molar-refractivity contribution in [1.82, 2.24) is 0 Å². The second-order valence-corrected chi connectivity index (χ2v) is 22.6. The van der Waals surface area contributed by atoms with Crippen LogP contribution in [-0.2, 0) is 10.8 Å². The molecule has 4 nitrogen and oxygen atoms in total. The van der Waals surface area contributed by atoms with Gasteiger partial charge in [-0.05, 0) is 194 Å². The molecule has 0 fully saturated rings. The quantitative estimate of drug-likeness (QED) is 0.122. The predicted molar refractivity (Wildman–Crippen MR) is 323 cm³/mol. The molecule has 0 N–H and O–H groups in total. The Hall–Kier alpha value is -7.47. The van der Waals surface area contributed by atoms with E-state index in [-0.39, 0.29) is 10.8 Å². The number of hydrogen-bond donors (Lipinski definition) is 1. The maximum atomic E-state index is 5.32. The molecule has 0 radical (unpaired) electrons. The topological polar surface area (TPSA) is 13.0 Å². The van der Waals surface area contributed by atoms with Crippen LogP contribution >= 0.6 is 12.6 Å². The monoisotopic (exact) mass is 989 g/mol. The zero-order chi connectivity index (χ0) is 52.6. The van der Waals surface area contributed by atoms with Gasteiger partial charge in [-0.25, -0.2) is 0 Å². The van der Waals surface area contributed by atoms with Crippen molar-refractivity contribution >= 4 is 80.9 Å². The SMILES string of the molecule is Cc1ccccc1N(c1ccc(C(C)(C)C)cc1)c1ccc(C)c(N(c2ccccc2C)c2cc(S)cc(N(c3ccccc3C)c3cc(N(c4ccc(C(C)(C)C)cc4)c4ccccc4C)ccc3C)c2C)c1. The Morgan fingerprint density at radius 1 is 0.270 bits per heavy atom. The van der Waals surface area contributed by atoms with E-state index in [2.05, 4.69) is 304 Å². The minimum Gasteiger partial charge on any atom is -0.310 e. The fourth-order valence-electron chi connectivity index (χ4n) is 10.2. The van der Waals surface area contributed by atoms with Gasteiger partial charge in [-0.15, -0.1) is 12.6 Å². The molecule has 0 heterocycles. The molecule has 5 heteroatoms. The molecule has 0 aromatic heterocycles. The molecule has 374 valence electrons. The van der Waals surface area contributed by atoms with Crippen molar-refractivity contribution in [3.05, 3.63) is 244 Å². The summed E-state index contributed by atoms with van der Waals surface area (Å²) in [7, 11) is 0. The fraction of sp³-hybridized carbons (Fsp3) is 0.217. The average Bonchev–Trinajstić information content (AvgIpc) is 3.37. The molecular formula is C69H72N4S. The van der Waals surface area contributed by atoms with Crippen LogP contribution in [0.4, 0.5) is 68.2 Å². The largest absolute Gasteiger partial charge is 0.310 e. The van der Waals surface area contributed by atoms with E-state index in [1.54, 1.807) is 0 Å². The first-order valence-corrected chi connectivity index (χ1v) is 26.4. The van der Waals surface area contributed by atoms with Crippen LogP contribution in [0.5, 0.6) is 0 Å². The minimum atomic E-state index is 0.0339. The van der Waals surface area contributed by atoms with Crippen molar-refractivity contribution in [2.24, 2.45) is 0 Å². The maximum Gasteiger partial charge on any atom is 0.0523 e. The van der Waals surface area contributed by atoms with Gasteiger partial charge in [0.15, 0.2) is 0 Å². The Morgan fingerprint density at radius 2 is 0.541 bits per heavy atom. The van der Waals surface area contributed by atoms with Crippen LogP contribution in [0.1, 0.15) is 91.6 Å². The van der Waals surface area contributed by atoms with Gasteiger partial charge in [0.25, 0.3) is 0 Å². The van der Waals surface area contributed by atoms with E-state index >= 15 is 0 Å². The van der Waals surface area contributed by atoms with Crippen LogP contribution in [0.25, 0.3) is 0 Å². The highest BCUT2D eigenvalue weighted by atomic mass is 32.1. The van der Waals surface area contributed by atoms with Gasteiger partial charge in [-0.1, -0.05) is 151 Å². The van der Waals surface area contributed by atoms with Gasteiger partial charge < -0.3 is 19.6 Å². The standard InChI is InChI=1S/C69H72N4S/c1-46-22-14-18-26-60(46)70(55-38-32-53(33-39-55)68(8,9)10)57-36-30-50(5)64(42-57)72(62-28-20-16-24-48(62)3)66-44-59(74)45-67(52(66)7)73(63-29-21-17-25-49(63)4)65-43-58(37-31-51(65)6)71(61-27-19-15-23-47(61)2)56-40-34-54(35-41-56)69(11,12)13/h14-45,74H,1-13H3. The van der Waals surface area contributed by atoms with Crippen molar-refractivity contribution < 1.29 is 0 Å². The number of benzene rings is 9. The molecule has 9 rings (SSSR count). The van der Waals surface area contributed by atoms with E-state index in [1.807, 2.05) is 0 Å². The van der Waals surface area contributed by atoms with Crippen LogP contribution in [0.15, 0.2) is 199 Å². The number of anilines is 12. The lowest BCUT2D eigenvalue weighted by atomic mass is 9.87.